The number of aliphatic hydroxyl groups is 2. The van der Waals surface area contributed by atoms with Gasteiger partial charge in [0, 0.05) is 12.7 Å². The van der Waals surface area contributed by atoms with E-state index in [0.717, 1.165) is 11.8 Å². The zero-order valence-electron chi connectivity index (χ0n) is 10.4. The highest BCUT2D eigenvalue weighted by molar-refractivity contribution is 8.13. The second-order valence-electron chi connectivity index (χ2n) is 3.94. The number of aliphatic imine (C=N–C) groups is 1. The molecule has 2 unspecified atom stereocenters. The smallest absolute Gasteiger partial charge is 0.240 e. The Morgan fingerprint density at radius 3 is 2.53 bits per heavy atom. The molecule has 2 atom stereocenters. The van der Waals surface area contributed by atoms with Gasteiger partial charge in [0.25, 0.3) is 0 Å². The first-order chi connectivity index (χ1) is 9.04. The lowest BCUT2D eigenvalue weighted by Crippen LogP contribution is -2.19. The SMILES string of the molecule is CC(=O)SCCC(O)C(O)c1ccc(N=C=O)cc1. The summed E-state index contributed by atoms with van der Waals surface area (Å²) < 4.78 is 0. The Hall–Kier alpha value is -1.46. The number of isocyanates is 1. The summed E-state index contributed by atoms with van der Waals surface area (Å²) in [5.41, 5.74) is 0.970. The molecule has 5 nitrogen and oxygen atoms in total. The van der Waals surface area contributed by atoms with Crippen LogP contribution in [0.5, 0.6) is 0 Å². The molecule has 0 saturated heterocycles. The molecule has 1 rings (SSSR count). The zero-order valence-corrected chi connectivity index (χ0v) is 11.3. The lowest BCUT2D eigenvalue weighted by atomic mass is 10.0. The molecule has 19 heavy (non-hydrogen) atoms. The fraction of sp³-hybridized carbons (Fsp3) is 0.385. The zero-order chi connectivity index (χ0) is 14.3. The Morgan fingerprint density at radius 2 is 2.00 bits per heavy atom. The first-order valence-corrected chi connectivity index (χ1v) is 6.70. The highest BCUT2D eigenvalue weighted by Gasteiger charge is 2.18. The molecule has 1 aromatic rings. The highest BCUT2D eigenvalue weighted by Crippen LogP contribution is 2.22. The third kappa shape index (κ3) is 5.36. The largest absolute Gasteiger partial charge is 0.390 e. The molecular formula is C13H15NO4S. The molecule has 0 spiro atoms. The standard InChI is InChI=1S/C13H15NO4S/c1-9(16)19-7-6-12(17)13(18)10-2-4-11(5-3-10)14-8-15/h2-5,12-13,17-18H,6-7H2,1H3. The fourth-order valence-electron chi connectivity index (χ4n) is 1.50. The summed E-state index contributed by atoms with van der Waals surface area (Å²) in [6.45, 7) is 1.46. The molecule has 2 N–H and O–H groups in total. The van der Waals surface area contributed by atoms with Crippen molar-refractivity contribution in [2.75, 3.05) is 5.75 Å². The molecular weight excluding hydrogens is 266 g/mol. The van der Waals surface area contributed by atoms with Gasteiger partial charge >= 0.3 is 0 Å². The van der Waals surface area contributed by atoms with Crippen LogP contribution in [0.25, 0.3) is 0 Å². The van der Waals surface area contributed by atoms with Crippen LogP contribution >= 0.6 is 11.8 Å². The number of benzene rings is 1. The van der Waals surface area contributed by atoms with Crippen LogP contribution in [0.3, 0.4) is 0 Å². The van der Waals surface area contributed by atoms with Gasteiger partial charge in [-0.3, -0.25) is 4.79 Å². The molecule has 0 aliphatic rings. The van der Waals surface area contributed by atoms with Crippen LogP contribution in [-0.2, 0) is 9.59 Å². The van der Waals surface area contributed by atoms with Crippen molar-refractivity contribution >= 4 is 28.6 Å². The maximum absolute atomic E-state index is 10.7. The maximum Gasteiger partial charge on any atom is 0.240 e. The van der Waals surface area contributed by atoms with Crippen molar-refractivity contribution in [3.05, 3.63) is 29.8 Å². The quantitative estimate of drug-likeness (QED) is 0.612. The summed E-state index contributed by atoms with van der Waals surface area (Å²) in [7, 11) is 0. The highest BCUT2D eigenvalue weighted by atomic mass is 32.2. The minimum Gasteiger partial charge on any atom is -0.390 e. The van der Waals surface area contributed by atoms with Crippen molar-refractivity contribution < 1.29 is 19.8 Å². The van der Waals surface area contributed by atoms with Crippen LogP contribution in [-0.4, -0.2) is 33.3 Å². The molecule has 0 radical (unpaired) electrons. The third-order valence-electron chi connectivity index (χ3n) is 2.49. The number of thioether (sulfide) groups is 1. The lowest BCUT2D eigenvalue weighted by molar-refractivity contribution is -0.109. The van der Waals surface area contributed by atoms with Gasteiger partial charge in [0.15, 0.2) is 5.12 Å². The summed E-state index contributed by atoms with van der Waals surface area (Å²) in [5.74, 6) is 0.459. The maximum atomic E-state index is 10.7. The lowest BCUT2D eigenvalue weighted by Gasteiger charge is -2.17. The number of carbonyl (C=O) groups is 1. The van der Waals surface area contributed by atoms with Crippen LogP contribution in [0, 0.1) is 0 Å². The molecule has 1 aromatic carbocycles. The number of carbonyl (C=O) groups excluding carboxylic acids is 2. The normalized spacial score (nSPS) is 13.4. The topological polar surface area (TPSA) is 87.0 Å². The monoisotopic (exact) mass is 281 g/mol. The summed E-state index contributed by atoms with van der Waals surface area (Å²) in [6.07, 6.45) is -0.222. The first-order valence-electron chi connectivity index (χ1n) is 5.72. The predicted molar refractivity (Wildman–Crippen MR) is 72.9 cm³/mol. The van der Waals surface area contributed by atoms with Crippen LogP contribution in [0.1, 0.15) is 25.0 Å². The van der Waals surface area contributed by atoms with Gasteiger partial charge in [-0.15, -0.1) is 0 Å². The van der Waals surface area contributed by atoms with Crippen molar-refractivity contribution in [2.24, 2.45) is 4.99 Å². The van der Waals surface area contributed by atoms with Gasteiger partial charge in [0.1, 0.15) is 6.10 Å². The Morgan fingerprint density at radius 1 is 1.37 bits per heavy atom. The minimum absolute atomic E-state index is 0.0160. The average Bonchev–Trinajstić information content (AvgIpc) is 2.38. The Kier molecular flexibility index (Phi) is 6.45. The molecule has 102 valence electrons. The number of hydrogen-bond donors (Lipinski definition) is 2. The van der Waals surface area contributed by atoms with Crippen molar-refractivity contribution in [1.29, 1.82) is 0 Å². The van der Waals surface area contributed by atoms with E-state index in [1.54, 1.807) is 24.3 Å². The number of nitrogens with zero attached hydrogens (tertiary/aromatic N) is 1. The van der Waals surface area contributed by atoms with Gasteiger partial charge in [-0.2, -0.15) is 4.99 Å². The van der Waals surface area contributed by atoms with Crippen molar-refractivity contribution in [3.63, 3.8) is 0 Å². The molecule has 6 heteroatoms. The summed E-state index contributed by atoms with van der Waals surface area (Å²) in [6, 6.07) is 6.28. The molecule has 0 fully saturated rings. The van der Waals surface area contributed by atoms with E-state index in [1.165, 1.54) is 13.0 Å². The van der Waals surface area contributed by atoms with Crippen LogP contribution < -0.4 is 0 Å². The van der Waals surface area contributed by atoms with Gasteiger partial charge in [-0.05, 0) is 24.1 Å². The molecule has 0 aliphatic heterocycles. The Bertz CT molecular complexity index is 468. The summed E-state index contributed by atoms with van der Waals surface area (Å²) >= 11 is 1.11. The van der Waals surface area contributed by atoms with Gasteiger partial charge in [0.2, 0.25) is 6.08 Å². The van der Waals surface area contributed by atoms with Gasteiger partial charge < -0.3 is 10.2 Å². The third-order valence-corrected chi connectivity index (χ3v) is 3.34. The second kappa shape index (κ2) is 7.86. The number of hydrogen-bond acceptors (Lipinski definition) is 6. The summed E-state index contributed by atoms with van der Waals surface area (Å²) in [4.78, 5) is 24.2. The van der Waals surface area contributed by atoms with Crippen LogP contribution in [0.15, 0.2) is 29.3 Å². The van der Waals surface area contributed by atoms with E-state index < -0.39 is 12.2 Å². The molecule has 0 aromatic heterocycles. The number of rotatable bonds is 6. The second-order valence-corrected chi connectivity index (χ2v) is 5.21. The number of aliphatic hydroxyl groups excluding tert-OH is 2. The van der Waals surface area contributed by atoms with E-state index in [-0.39, 0.29) is 5.12 Å². The van der Waals surface area contributed by atoms with E-state index in [0.29, 0.717) is 23.4 Å². The molecule has 0 heterocycles. The van der Waals surface area contributed by atoms with E-state index in [2.05, 4.69) is 4.99 Å². The van der Waals surface area contributed by atoms with E-state index in [9.17, 15) is 19.8 Å². The molecule has 0 saturated carbocycles. The molecule has 0 bridgehead atoms. The van der Waals surface area contributed by atoms with Crippen LogP contribution in [0.2, 0.25) is 0 Å². The summed E-state index contributed by atoms with van der Waals surface area (Å²) in [5, 5.41) is 19.7. The van der Waals surface area contributed by atoms with Crippen LogP contribution in [0.4, 0.5) is 5.69 Å². The van der Waals surface area contributed by atoms with Crippen molar-refractivity contribution in [2.45, 2.75) is 25.6 Å². The van der Waals surface area contributed by atoms with Gasteiger partial charge in [-0.1, -0.05) is 23.9 Å². The van der Waals surface area contributed by atoms with E-state index >= 15 is 0 Å². The van der Waals surface area contributed by atoms with E-state index in [1.807, 2.05) is 0 Å². The minimum atomic E-state index is -1.03. The van der Waals surface area contributed by atoms with Crippen molar-refractivity contribution in [1.82, 2.24) is 0 Å². The average molecular weight is 281 g/mol. The van der Waals surface area contributed by atoms with Gasteiger partial charge in [0.05, 0.1) is 11.8 Å². The molecule has 0 aliphatic carbocycles. The van der Waals surface area contributed by atoms with Crippen molar-refractivity contribution in [3.8, 4) is 0 Å². The van der Waals surface area contributed by atoms with E-state index in [4.69, 9.17) is 0 Å². The van der Waals surface area contributed by atoms with Gasteiger partial charge in [-0.25, -0.2) is 4.79 Å². The Balaban J connectivity index is 2.58. The Labute approximate surface area is 115 Å². The fourth-order valence-corrected chi connectivity index (χ4v) is 2.15. The predicted octanol–water partition coefficient (Wildman–Crippen LogP) is 1.72. The molecule has 0 amide bonds. The first kappa shape index (κ1) is 15.6.